The van der Waals surface area contributed by atoms with Gasteiger partial charge in [0.2, 0.25) is 0 Å². The molecular formula is C96H95N3O. The molecule has 1 atom stereocenters. The van der Waals surface area contributed by atoms with Crippen LogP contribution in [-0.2, 0) is 37.9 Å². The fraction of sp³-hybridized carbons (Fsp3) is 0.250. The van der Waals surface area contributed by atoms with Gasteiger partial charge in [0.1, 0.15) is 11.2 Å². The molecule has 0 saturated carbocycles. The highest BCUT2D eigenvalue weighted by atomic mass is 16.3. The number of nitrogens with zero attached hydrogens (tertiary/aromatic N) is 3. The van der Waals surface area contributed by atoms with Crippen molar-refractivity contribution in [2.75, 3.05) is 14.7 Å². The van der Waals surface area contributed by atoms with Crippen molar-refractivity contribution < 1.29 is 4.42 Å². The summed E-state index contributed by atoms with van der Waals surface area (Å²) >= 11 is 0. The van der Waals surface area contributed by atoms with E-state index in [1.165, 1.54) is 66.8 Å². The van der Waals surface area contributed by atoms with Gasteiger partial charge in [-0.2, -0.15) is 0 Å². The predicted molar refractivity (Wildman–Crippen MR) is 426 cm³/mol. The molecule has 0 radical (unpaired) electrons. The number of rotatable bonds is 11. The zero-order valence-electron chi connectivity index (χ0n) is 61.7. The molecule has 15 rings (SSSR count). The average molecular weight is 1310 g/mol. The van der Waals surface area contributed by atoms with Crippen LogP contribution in [0.4, 0.5) is 51.2 Å². The van der Waals surface area contributed by atoms with Crippen molar-refractivity contribution in [3.8, 4) is 22.3 Å². The molecule has 4 nitrogen and oxygen atoms in total. The van der Waals surface area contributed by atoms with Gasteiger partial charge in [-0.25, -0.2) is 0 Å². The van der Waals surface area contributed by atoms with E-state index in [2.05, 4.69) is 399 Å². The summed E-state index contributed by atoms with van der Waals surface area (Å²) in [4.78, 5) is 7.50. The summed E-state index contributed by atoms with van der Waals surface area (Å²) in [7, 11) is 0. The van der Waals surface area contributed by atoms with Crippen LogP contribution in [0, 0.1) is 0 Å². The number of furan rings is 1. The second-order valence-electron chi connectivity index (χ2n) is 33.8. The van der Waals surface area contributed by atoms with Crippen molar-refractivity contribution in [2.45, 2.75) is 156 Å². The van der Waals surface area contributed by atoms with Crippen molar-refractivity contribution in [3.05, 3.63) is 328 Å². The molecular weight excluding hydrogens is 1210 g/mol. The molecule has 0 spiro atoms. The lowest BCUT2D eigenvalue weighted by atomic mass is 9.66. The first-order chi connectivity index (χ1) is 47.5. The minimum absolute atomic E-state index is 0.0116. The SMILES string of the molecule is CC(C)(C)c1ccc(N(c2ccc(C(C)(C)C)cc2)c2ccc(C3(c4ccc(C(C)(C)C)cc4)c4cc(N(c5ccccc5)c5ccc(C(C)(C)C)cc5)c5c(c4-c4c3cc(N(c3ccccc3)c3ccc(C(C)(C)C)cc3)c3c4oc4ccccc43)-c3ccccc3C5(C)C)cc2)cc1. The standard InChI is InChI=1S/C96H95N3O/c1-90(2,3)62-36-38-67(39-37-62)96(68-48-58-73(59-49-68)97(71-50-40-63(41-51-71)91(4,5)6)72-52-42-64(43-53-72)92(7,8)9)79-61-82(99(70-30-22-19-23-31-70)75-56-46-66(47-57-75)94(13,14)15)88-85(76-32-24-26-34-78(76)95(88,16)17)86(79)87-80(96)60-81(84-77-33-25-27-35-83(77)100-89(84)87)98(69-28-20-18-21-29-69)74-54-44-65(45-55-74)93(10,11)12/h18-61H,1-17H3. The van der Waals surface area contributed by atoms with Gasteiger partial charge in [-0.1, -0.05) is 281 Å². The van der Waals surface area contributed by atoms with Gasteiger partial charge in [-0.15, -0.1) is 0 Å². The van der Waals surface area contributed by atoms with Crippen molar-refractivity contribution in [3.63, 3.8) is 0 Å². The molecule has 1 aromatic heterocycles. The first kappa shape index (κ1) is 65.8. The molecule has 1 unspecified atom stereocenters. The van der Waals surface area contributed by atoms with E-state index in [4.69, 9.17) is 4.42 Å². The summed E-state index contributed by atoms with van der Waals surface area (Å²) in [6.07, 6.45) is 0. The van der Waals surface area contributed by atoms with Gasteiger partial charge >= 0.3 is 0 Å². The summed E-state index contributed by atoms with van der Waals surface area (Å²) in [6, 6.07) is 102. The lowest BCUT2D eigenvalue weighted by Gasteiger charge is -2.38. The third-order valence-electron chi connectivity index (χ3n) is 21.7. The van der Waals surface area contributed by atoms with Crippen molar-refractivity contribution in [2.24, 2.45) is 0 Å². The largest absolute Gasteiger partial charge is 0.455 e. The van der Waals surface area contributed by atoms with E-state index >= 15 is 0 Å². The number of para-hydroxylation sites is 3. The van der Waals surface area contributed by atoms with Crippen LogP contribution in [0.1, 0.15) is 179 Å². The van der Waals surface area contributed by atoms with E-state index in [-0.39, 0.29) is 27.1 Å². The van der Waals surface area contributed by atoms with E-state index in [0.717, 1.165) is 89.8 Å². The molecule has 500 valence electrons. The van der Waals surface area contributed by atoms with Crippen LogP contribution in [0.15, 0.2) is 271 Å². The molecule has 2 aliphatic carbocycles. The minimum atomic E-state index is -1.00. The van der Waals surface area contributed by atoms with Crippen LogP contribution >= 0.6 is 0 Å². The molecule has 13 aromatic rings. The maximum atomic E-state index is 7.83. The number of anilines is 9. The fourth-order valence-corrected chi connectivity index (χ4v) is 16.2. The van der Waals surface area contributed by atoms with Crippen LogP contribution < -0.4 is 14.7 Å². The first-order valence-electron chi connectivity index (χ1n) is 36.0. The Bertz CT molecular complexity index is 5160. The van der Waals surface area contributed by atoms with E-state index < -0.39 is 10.8 Å². The highest BCUT2D eigenvalue weighted by Gasteiger charge is 2.53. The fourth-order valence-electron chi connectivity index (χ4n) is 16.2. The van der Waals surface area contributed by atoms with Crippen LogP contribution in [0.3, 0.4) is 0 Å². The molecule has 0 N–H and O–H groups in total. The Morgan fingerprint density at radius 1 is 0.290 bits per heavy atom. The Morgan fingerprint density at radius 2 is 0.620 bits per heavy atom. The quantitative estimate of drug-likeness (QED) is 0.129. The van der Waals surface area contributed by atoms with Gasteiger partial charge in [-0.3, -0.25) is 0 Å². The van der Waals surface area contributed by atoms with Crippen molar-refractivity contribution in [1.29, 1.82) is 0 Å². The molecule has 100 heavy (non-hydrogen) atoms. The molecule has 0 amide bonds. The number of hydrogen-bond acceptors (Lipinski definition) is 4. The van der Waals surface area contributed by atoms with Crippen LogP contribution in [0.5, 0.6) is 0 Å². The van der Waals surface area contributed by atoms with Crippen molar-refractivity contribution in [1.82, 2.24) is 0 Å². The summed E-state index contributed by atoms with van der Waals surface area (Å²) in [6.45, 7) is 39.5. The monoisotopic (exact) mass is 1310 g/mol. The van der Waals surface area contributed by atoms with Gasteiger partial charge in [0.25, 0.3) is 0 Å². The predicted octanol–water partition coefficient (Wildman–Crippen LogP) is 27.2. The normalized spacial score (nSPS) is 15.0. The topological polar surface area (TPSA) is 22.9 Å². The molecule has 1 heterocycles. The first-order valence-corrected chi connectivity index (χ1v) is 36.0. The van der Waals surface area contributed by atoms with Gasteiger partial charge < -0.3 is 19.1 Å². The highest BCUT2D eigenvalue weighted by molar-refractivity contribution is 6.21. The van der Waals surface area contributed by atoms with Crippen molar-refractivity contribution >= 4 is 73.1 Å². The smallest absolute Gasteiger partial charge is 0.145 e. The van der Waals surface area contributed by atoms with E-state index in [1.54, 1.807) is 0 Å². The Morgan fingerprint density at radius 3 is 1.06 bits per heavy atom. The number of hydrogen-bond donors (Lipinski definition) is 0. The van der Waals surface area contributed by atoms with Crippen LogP contribution in [-0.4, -0.2) is 0 Å². The minimum Gasteiger partial charge on any atom is -0.455 e. The van der Waals surface area contributed by atoms with Gasteiger partial charge in [0, 0.05) is 56.2 Å². The molecule has 0 bridgehead atoms. The Balaban J connectivity index is 1.13. The summed E-state index contributed by atoms with van der Waals surface area (Å²) in [5.74, 6) is 0. The van der Waals surface area contributed by atoms with E-state index in [0.29, 0.717) is 0 Å². The summed E-state index contributed by atoms with van der Waals surface area (Å²) < 4.78 is 7.83. The lowest BCUT2D eigenvalue weighted by molar-refractivity contribution is 0.589. The van der Waals surface area contributed by atoms with Crippen LogP contribution in [0.25, 0.3) is 44.2 Å². The maximum absolute atomic E-state index is 7.83. The Kier molecular flexibility index (Phi) is 15.6. The van der Waals surface area contributed by atoms with Gasteiger partial charge in [-0.05, 0) is 208 Å². The number of benzene rings is 12. The zero-order valence-corrected chi connectivity index (χ0v) is 61.7. The molecule has 0 saturated heterocycles. The molecule has 2 aliphatic rings. The molecule has 4 heteroatoms. The Hall–Kier alpha value is -10.2. The van der Waals surface area contributed by atoms with Gasteiger partial charge in [0.05, 0.1) is 22.2 Å². The summed E-state index contributed by atoms with van der Waals surface area (Å²) in [5, 5.41) is 2.13. The molecule has 12 aromatic carbocycles. The van der Waals surface area contributed by atoms with E-state index in [1.807, 2.05) is 0 Å². The maximum Gasteiger partial charge on any atom is 0.145 e. The molecule has 0 fully saturated rings. The van der Waals surface area contributed by atoms with Crippen LogP contribution in [0.2, 0.25) is 0 Å². The Labute approximate surface area is 594 Å². The third kappa shape index (κ3) is 11.0. The zero-order chi connectivity index (χ0) is 70.2. The second-order valence-corrected chi connectivity index (χ2v) is 33.8. The number of fused-ring (bicyclic) bond motifs is 11. The highest BCUT2D eigenvalue weighted by Crippen LogP contribution is 2.68. The summed E-state index contributed by atoms with van der Waals surface area (Å²) in [5.41, 5.74) is 28.2. The molecule has 0 aliphatic heterocycles. The second kappa shape index (κ2) is 23.8. The lowest BCUT2D eigenvalue weighted by Crippen LogP contribution is -2.30. The van der Waals surface area contributed by atoms with Gasteiger partial charge in [0.15, 0.2) is 0 Å². The third-order valence-corrected chi connectivity index (χ3v) is 21.7. The van der Waals surface area contributed by atoms with E-state index in [9.17, 15) is 0 Å². The average Bonchev–Trinajstić information content (AvgIpc) is 1.49.